The van der Waals surface area contributed by atoms with Crippen molar-refractivity contribution in [2.45, 2.75) is 46.8 Å². The molecule has 0 aliphatic carbocycles. The number of hydrogen-bond donors (Lipinski definition) is 2. The van der Waals surface area contributed by atoms with E-state index in [2.05, 4.69) is 74.6 Å². The van der Waals surface area contributed by atoms with Crippen molar-refractivity contribution in [1.29, 1.82) is 0 Å². The fourth-order valence-electron chi connectivity index (χ4n) is 2.84. The number of aliphatic imine (C=N–C) groups is 1. The number of nitrogens with zero attached hydrogens (tertiary/aromatic N) is 3. The van der Waals surface area contributed by atoms with Gasteiger partial charge in [0.2, 0.25) is 0 Å². The Morgan fingerprint density at radius 1 is 1.29 bits per heavy atom. The van der Waals surface area contributed by atoms with E-state index in [9.17, 15) is 0 Å². The Hall–Kier alpha value is -1.61. The number of halogens is 1. The van der Waals surface area contributed by atoms with E-state index in [1.54, 1.807) is 13.3 Å². The summed E-state index contributed by atoms with van der Waals surface area (Å²) in [5.74, 6) is 0.792. The van der Waals surface area contributed by atoms with Gasteiger partial charge in [-0.05, 0) is 43.0 Å². The highest BCUT2D eigenvalue weighted by Gasteiger charge is 2.24. The predicted molar refractivity (Wildman–Crippen MR) is 127 cm³/mol. The first kappa shape index (κ1) is 24.4. The van der Waals surface area contributed by atoms with Crippen molar-refractivity contribution in [2.75, 3.05) is 20.2 Å². The third kappa shape index (κ3) is 7.09. The maximum absolute atomic E-state index is 5.62. The van der Waals surface area contributed by atoms with Crippen molar-refractivity contribution in [1.82, 2.24) is 20.4 Å². The van der Waals surface area contributed by atoms with Gasteiger partial charge >= 0.3 is 0 Å². The highest BCUT2D eigenvalue weighted by molar-refractivity contribution is 14.0. The standard InChI is InChI=1S/C21H33N5O.HI/c1-7-22-20(23-15-19(27-6)21(3,4)5)25-16(2)17-10-8-11-18(14-17)26-13-9-12-24-26;/h8-14,16,19H,7,15H2,1-6H3,(H2,22,23,25);1H. The third-order valence-corrected chi connectivity index (χ3v) is 4.50. The summed E-state index contributed by atoms with van der Waals surface area (Å²) in [7, 11) is 1.75. The molecule has 0 amide bonds. The Bertz CT molecular complexity index is 725. The van der Waals surface area contributed by atoms with Crippen LogP contribution in [-0.4, -0.2) is 42.0 Å². The summed E-state index contributed by atoms with van der Waals surface area (Å²) in [6.07, 6.45) is 3.79. The molecule has 1 aromatic carbocycles. The number of benzene rings is 1. The highest BCUT2D eigenvalue weighted by atomic mass is 127. The molecule has 156 valence electrons. The van der Waals surface area contributed by atoms with E-state index in [0.29, 0.717) is 6.54 Å². The minimum atomic E-state index is 0. The van der Waals surface area contributed by atoms with E-state index in [4.69, 9.17) is 9.73 Å². The lowest BCUT2D eigenvalue weighted by Crippen LogP contribution is -2.40. The number of methoxy groups -OCH3 is 1. The molecule has 2 atom stereocenters. The van der Waals surface area contributed by atoms with Crippen LogP contribution in [-0.2, 0) is 4.74 Å². The van der Waals surface area contributed by atoms with Crippen molar-refractivity contribution in [2.24, 2.45) is 10.4 Å². The largest absolute Gasteiger partial charge is 0.379 e. The first-order valence-corrected chi connectivity index (χ1v) is 9.52. The van der Waals surface area contributed by atoms with E-state index in [0.717, 1.165) is 18.2 Å². The molecule has 28 heavy (non-hydrogen) atoms. The molecule has 1 aromatic heterocycles. The minimum Gasteiger partial charge on any atom is -0.379 e. The lowest BCUT2D eigenvalue weighted by atomic mass is 9.89. The zero-order valence-corrected chi connectivity index (χ0v) is 20.1. The second kappa shape index (κ2) is 11.4. The molecule has 2 unspecified atom stereocenters. The Labute approximate surface area is 186 Å². The monoisotopic (exact) mass is 499 g/mol. The van der Waals surface area contributed by atoms with Crippen LogP contribution in [0, 0.1) is 5.41 Å². The summed E-state index contributed by atoms with van der Waals surface area (Å²) in [6, 6.07) is 10.4. The zero-order valence-electron chi connectivity index (χ0n) is 17.8. The van der Waals surface area contributed by atoms with E-state index >= 15 is 0 Å². The molecule has 7 heteroatoms. The molecule has 2 aromatic rings. The van der Waals surface area contributed by atoms with Gasteiger partial charge in [-0.25, -0.2) is 4.68 Å². The summed E-state index contributed by atoms with van der Waals surface area (Å²) >= 11 is 0. The fourth-order valence-corrected chi connectivity index (χ4v) is 2.84. The summed E-state index contributed by atoms with van der Waals surface area (Å²) < 4.78 is 7.48. The van der Waals surface area contributed by atoms with Gasteiger partial charge in [-0.1, -0.05) is 32.9 Å². The second-order valence-corrected chi connectivity index (χ2v) is 7.72. The molecular weight excluding hydrogens is 465 g/mol. The van der Waals surface area contributed by atoms with Gasteiger partial charge in [-0.2, -0.15) is 5.10 Å². The van der Waals surface area contributed by atoms with Crippen LogP contribution in [0.5, 0.6) is 0 Å². The molecule has 0 bridgehead atoms. The van der Waals surface area contributed by atoms with E-state index in [1.165, 1.54) is 5.56 Å². The molecule has 0 saturated heterocycles. The topological polar surface area (TPSA) is 63.5 Å². The van der Waals surface area contributed by atoms with Crippen molar-refractivity contribution in [3.05, 3.63) is 48.3 Å². The predicted octanol–water partition coefficient (Wildman–Crippen LogP) is 4.17. The van der Waals surface area contributed by atoms with Crippen LogP contribution in [0.2, 0.25) is 0 Å². The molecule has 1 heterocycles. The van der Waals surface area contributed by atoms with Crippen LogP contribution in [0.3, 0.4) is 0 Å². The quantitative estimate of drug-likeness (QED) is 0.341. The van der Waals surface area contributed by atoms with Crippen LogP contribution >= 0.6 is 24.0 Å². The molecular formula is C21H34IN5O. The Morgan fingerprint density at radius 2 is 2.04 bits per heavy atom. The van der Waals surface area contributed by atoms with Crippen LogP contribution in [0.4, 0.5) is 0 Å². The Kier molecular flexibility index (Phi) is 9.95. The molecule has 2 rings (SSSR count). The highest BCUT2D eigenvalue weighted by Crippen LogP contribution is 2.22. The van der Waals surface area contributed by atoms with Gasteiger partial charge in [0.05, 0.1) is 24.4 Å². The Morgan fingerprint density at radius 3 is 2.61 bits per heavy atom. The van der Waals surface area contributed by atoms with Crippen LogP contribution in [0.15, 0.2) is 47.7 Å². The number of rotatable bonds is 7. The normalized spacial score (nSPS) is 14.1. The van der Waals surface area contributed by atoms with Crippen LogP contribution in [0.25, 0.3) is 5.69 Å². The first-order chi connectivity index (χ1) is 12.8. The van der Waals surface area contributed by atoms with Gasteiger partial charge in [0, 0.05) is 26.0 Å². The number of aromatic nitrogens is 2. The first-order valence-electron chi connectivity index (χ1n) is 9.52. The number of nitrogens with one attached hydrogen (secondary N) is 2. The third-order valence-electron chi connectivity index (χ3n) is 4.50. The van der Waals surface area contributed by atoms with Crippen molar-refractivity contribution in [3.63, 3.8) is 0 Å². The van der Waals surface area contributed by atoms with Gasteiger partial charge in [0.1, 0.15) is 0 Å². The SMILES string of the molecule is CCNC(=NCC(OC)C(C)(C)C)NC(C)c1cccc(-n2cccn2)c1.I. The number of guanidine groups is 1. The molecule has 0 fully saturated rings. The van der Waals surface area contributed by atoms with Crippen LogP contribution in [0.1, 0.15) is 46.2 Å². The molecule has 0 aliphatic rings. The summed E-state index contributed by atoms with van der Waals surface area (Å²) in [4.78, 5) is 4.74. The molecule has 0 saturated carbocycles. The average molecular weight is 499 g/mol. The molecule has 0 radical (unpaired) electrons. The molecule has 0 spiro atoms. The summed E-state index contributed by atoms with van der Waals surface area (Å²) in [5.41, 5.74) is 2.26. The van der Waals surface area contributed by atoms with Gasteiger partial charge < -0.3 is 15.4 Å². The number of hydrogen-bond acceptors (Lipinski definition) is 3. The minimum absolute atomic E-state index is 0. The molecule has 0 aliphatic heterocycles. The fraction of sp³-hybridized carbons (Fsp3) is 0.524. The maximum Gasteiger partial charge on any atom is 0.191 e. The lowest BCUT2D eigenvalue weighted by molar-refractivity contribution is 0.0241. The molecule has 2 N–H and O–H groups in total. The summed E-state index contributed by atoms with van der Waals surface area (Å²) in [6.45, 7) is 12.1. The van der Waals surface area contributed by atoms with Crippen molar-refractivity contribution in [3.8, 4) is 5.69 Å². The van der Waals surface area contributed by atoms with Gasteiger partial charge in [0.15, 0.2) is 5.96 Å². The number of ether oxygens (including phenoxy) is 1. The molecule has 6 nitrogen and oxygen atoms in total. The van der Waals surface area contributed by atoms with E-state index in [1.807, 2.05) is 16.9 Å². The lowest BCUT2D eigenvalue weighted by Gasteiger charge is -2.28. The average Bonchev–Trinajstić information content (AvgIpc) is 3.16. The Balaban J connectivity index is 0.00000392. The second-order valence-electron chi connectivity index (χ2n) is 7.72. The van der Waals surface area contributed by atoms with E-state index < -0.39 is 0 Å². The van der Waals surface area contributed by atoms with E-state index in [-0.39, 0.29) is 41.5 Å². The van der Waals surface area contributed by atoms with Gasteiger partial charge in [-0.3, -0.25) is 4.99 Å². The van der Waals surface area contributed by atoms with Crippen LogP contribution < -0.4 is 10.6 Å². The smallest absolute Gasteiger partial charge is 0.191 e. The maximum atomic E-state index is 5.62. The van der Waals surface area contributed by atoms with Crippen molar-refractivity contribution < 1.29 is 4.74 Å². The van der Waals surface area contributed by atoms with Crippen molar-refractivity contribution >= 4 is 29.9 Å². The van der Waals surface area contributed by atoms with Gasteiger partial charge in [-0.15, -0.1) is 24.0 Å². The van der Waals surface area contributed by atoms with Gasteiger partial charge in [0.25, 0.3) is 0 Å². The summed E-state index contributed by atoms with van der Waals surface area (Å²) in [5, 5.41) is 11.1. The zero-order chi connectivity index (χ0) is 19.9.